The van der Waals surface area contributed by atoms with Crippen LogP contribution in [0.1, 0.15) is 105 Å². The molecule has 196 valence electrons. The van der Waals surface area contributed by atoms with Crippen LogP contribution in [0.3, 0.4) is 0 Å². The molecule has 35 heavy (non-hydrogen) atoms. The number of rotatable bonds is 4. The van der Waals surface area contributed by atoms with E-state index in [9.17, 15) is 14.4 Å². The van der Waals surface area contributed by atoms with Crippen molar-refractivity contribution in [1.82, 2.24) is 0 Å². The standard InChI is InChI=1S/C28H45O4PS.Mg.2H/c1-25(2,3)19-13-20(26(4,5)6)16-23(15-19)34(32-33(29,30)31)24-17-21(27(7,8)9)14-22(18-24)28(10,11)12;;;/h13-18,34H,1-12H3,(H2,29,30,31);;;. The zero-order chi connectivity index (χ0) is 26.5. The van der Waals surface area contributed by atoms with Gasteiger partial charge in [-0.25, -0.2) is 8.54 Å². The maximum atomic E-state index is 12.2. The predicted molar refractivity (Wildman–Crippen MR) is 155 cm³/mol. The van der Waals surface area contributed by atoms with Crippen molar-refractivity contribution in [3.05, 3.63) is 58.7 Å². The van der Waals surface area contributed by atoms with Crippen LogP contribution >= 0.6 is 19.0 Å². The Morgan fingerprint density at radius 2 is 0.800 bits per heavy atom. The number of hydrogen-bond donors (Lipinski definition) is 3. The van der Waals surface area contributed by atoms with Crippen molar-refractivity contribution in [2.75, 3.05) is 0 Å². The zero-order valence-electron chi connectivity index (χ0n) is 23.1. The number of hydrogen-bond acceptors (Lipinski definition) is 2. The van der Waals surface area contributed by atoms with E-state index < -0.39 is 19.0 Å². The third-order valence-corrected chi connectivity index (χ3v) is 8.92. The Morgan fingerprint density at radius 1 is 0.571 bits per heavy atom. The van der Waals surface area contributed by atoms with Crippen LogP contribution in [0, 0.1) is 0 Å². The first-order valence-electron chi connectivity index (χ1n) is 11.9. The Bertz CT molecular complexity index is 940. The van der Waals surface area contributed by atoms with Crippen LogP contribution in [-0.2, 0) is 30.2 Å². The molecule has 0 unspecified atom stereocenters. The maximum absolute atomic E-state index is 12.2. The Kier molecular flexibility index (Phi) is 10.1. The van der Waals surface area contributed by atoms with Crippen molar-refractivity contribution in [3.8, 4) is 0 Å². The summed E-state index contributed by atoms with van der Waals surface area (Å²) in [5.74, 6) is 0. The van der Waals surface area contributed by atoms with Crippen LogP contribution in [-0.4, -0.2) is 32.8 Å². The molecule has 0 radical (unpaired) electrons. The lowest BCUT2D eigenvalue weighted by Crippen LogP contribution is -2.17. The minimum atomic E-state index is -4.75. The van der Waals surface area contributed by atoms with Gasteiger partial charge in [0.25, 0.3) is 0 Å². The van der Waals surface area contributed by atoms with E-state index in [0.717, 1.165) is 32.0 Å². The first-order chi connectivity index (χ1) is 15.0. The van der Waals surface area contributed by atoms with Gasteiger partial charge in [0.15, 0.2) is 0 Å². The van der Waals surface area contributed by atoms with E-state index in [1.54, 1.807) is 0 Å². The Labute approximate surface area is 232 Å². The topological polar surface area (TPSA) is 66.8 Å². The summed E-state index contributed by atoms with van der Waals surface area (Å²) >= 11 is -1.76. The second-order valence-electron chi connectivity index (χ2n) is 13.4. The van der Waals surface area contributed by atoms with E-state index in [4.69, 9.17) is 3.97 Å². The van der Waals surface area contributed by atoms with Crippen molar-refractivity contribution < 1.29 is 18.3 Å². The highest BCUT2D eigenvalue weighted by Gasteiger charge is 2.29. The molecule has 0 saturated carbocycles. The Hall–Kier alpha value is -0.334. The highest BCUT2D eigenvalue weighted by molar-refractivity contribution is 8.15. The van der Waals surface area contributed by atoms with E-state index in [1.165, 1.54) is 0 Å². The van der Waals surface area contributed by atoms with Gasteiger partial charge in [-0.1, -0.05) is 106 Å². The molecule has 4 nitrogen and oxygen atoms in total. The first-order valence-corrected chi connectivity index (χ1v) is 14.6. The molecule has 0 aliphatic carbocycles. The Morgan fingerprint density at radius 3 is 0.971 bits per heavy atom. The molecule has 0 saturated heterocycles. The molecule has 0 bridgehead atoms. The molecule has 0 amide bonds. The quantitative estimate of drug-likeness (QED) is 0.217. The van der Waals surface area contributed by atoms with Crippen LogP contribution < -0.4 is 0 Å². The van der Waals surface area contributed by atoms with Gasteiger partial charge in [0, 0.05) is 9.79 Å². The number of thiol groups is 1. The minimum absolute atomic E-state index is 0. The van der Waals surface area contributed by atoms with Gasteiger partial charge < -0.3 is 9.79 Å². The number of phosphoric acid groups is 1. The minimum Gasteiger partial charge on any atom is -0.302 e. The summed E-state index contributed by atoms with van der Waals surface area (Å²) < 4.78 is 17.8. The van der Waals surface area contributed by atoms with E-state index in [2.05, 4.69) is 119 Å². The summed E-state index contributed by atoms with van der Waals surface area (Å²) in [5, 5.41) is 0. The third kappa shape index (κ3) is 9.17. The van der Waals surface area contributed by atoms with Crippen LogP contribution in [0.5, 0.6) is 0 Å². The normalized spacial score (nSPS) is 13.9. The lowest BCUT2D eigenvalue weighted by molar-refractivity contribution is 0.296. The molecule has 0 heterocycles. The van der Waals surface area contributed by atoms with Gasteiger partial charge >= 0.3 is 30.9 Å². The molecule has 0 aliphatic heterocycles. The van der Waals surface area contributed by atoms with Gasteiger partial charge in [-0.3, -0.25) is 0 Å². The third-order valence-electron chi connectivity index (χ3n) is 5.96. The zero-order valence-corrected chi connectivity index (χ0v) is 24.9. The summed E-state index contributed by atoms with van der Waals surface area (Å²) in [6, 6.07) is 12.7. The summed E-state index contributed by atoms with van der Waals surface area (Å²) in [5.41, 5.74) is 4.01. The maximum Gasteiger partial charge on any atom is 0.479 e. The van der Waals surface area contributed by atoms with Crippen molar-refractivity contribution in [3.63, 3.8) is 0 Å². The van der Waals surface area contributed by atoms with Gasteiger partial charge in [0.05, 0.1) is 0 Å². The molecule has 0 fully saturated rings. The van der Waals surface area contributed by atoms with Crippen molar-refractivity contribution >= 4 is 42.1 Å². The van der Waals surface area contributed by atoms with Crippen LogP contribution in [0.2, 0.25) is 0 Å². The molecular formula is C28H47MgO4PS. The second kappa shape index (κ2) is 10.8. The van der Waals surface area contributed by atoms with E-state index in [0.29, 0.717) is 0 Å². The molecule has 0 spiro atoms. The van der Waals surface area contributed by atoms with Crippen LogP contribution in [0.25, 0.3) is 0 Å². The summed E-state index contributed by atoms with van der Waals surface area (Å²) in [6.07, 6.45) is 0. The summed E-state index contributed by atoms with van der Waals surface area (Å²) in [7, 11) is -4.75. The smallest absolute Gasteiger partial charge is 0.302 e. The molecule has 2 aromatic rings. The van der Waals surface area contributed by atoms with E-state index in [1.807, 2.05) is 0 Å². The molecule has 7 heteroatoms. The fourth-order valence-electron chi connectivity index (χ4n) is 3.54. The molecule has 2 N–H and O–H groups in total. The average Bonchev–Trinajstić information content (AvgIpc) is 2.62. The van der Waals surface area contributed by atoms with Crippen LogP contribution in [0.15, 0.2) is 46.2 Å². The fourth-order valence-corrected chi connectivity index (χ4v) is 6.47. The lowest BCUT2D eigenvalue weighted by Gasteiger charge is -2.32. The largest absolute Gasteiger partial charge is 0.479 e. The molecule has 0 aromatic heterocycles. The van der Waals surface area contributed by atoms with E-state index >= 15 is 0 Å². The van der Waals surface area contributed by atoms with Gasteiger partial charge in [-0.05, 0) is 68.2 Å². The highest BCUT2D eigenvalue weighted by Crippen LogP contribution is 2.58. The lowest BCUT2D eigenvalue weighted by atomic mass is 9.81. The Balaban J connectivity index is 0.00000612. The fraction of sp³-hybridized carbons (Fsp3) is 0.571. The van der Waals surface area contributed by atoms with Gasteiger partial charge in [-0.15, -0.1) is 0 Å². The van der Waals surface area contributed by atoms with Crippen molar-refractivity contribution in [1.29, 1.82) is 0 Å². The average molecular weight is 535 g/mol. The van der Waals surface area contributed by atoms with Crippen LogP contribution in [0.4, 0.5) is 0 Å². The molecule has 0 atom stereocenters. The monoisotopic (exact) mass is 534 g/mol. The highest BCUT2D eigenvalue weighted by atomic mass is 32.2. The van der Waals surface area contributed by atoms with Crippen molar-refractivity contribution in [2.24, 2.45) is 0 Å². The SMILES string of the molecule is CC(C)(C)c1cc([SH](OP(=O)(O)O)c2cc(C(C)(C)C)cc(C(C)(C)C)c2)cc(C(C)(C)C)c1.[MgH2]. The van der Waals surface area contributed by atoms with Gasteiger partial charge in [0.2, 0.25) is 0 Å². The van der Waals surface area contributed by atoms with Gasteiger partial charge in [-0.2, -0.15) is 0 Å². The number of benzene rings is 2. The first kappa shape index (κ1) is 32.7. The molecule has 2 aromatic carbocycles. The summed E-state index contributed by atoms with van der Waals surface area (Å²) in [4.78, 5) is 21.5. The molecular weight excluding hydrogens is 488 g/mol. The van der Waals surface area contributed by atoms with E-state index in [-0.39, 0.29) is 44.7 Å². The second-order valence-corrected chi connectivity index (χ2v) is 16.7. The summed E-state index contributed by atoms with van der Waals surface area (Å²) in [6.45, 7) is 25.9. The molecule has 0 aliphatic rings. The van der Waals surface area contributed by atoms with Gasteiger partial charge in [0.1, 0.15) is 0 Å². The molecule has 2 rings (SSSR count). The predicted octanol–water partition coefficient (Wildman–Crippen LogP) is 7.40. The van der Waals surface area contributed by atoms with Crippen molar-refractivity contribution in [2.45, 2.75) is 115 Å².